The number of sulfone groups is 1. The van der Waals surface area contributed by atoms with Gasteiger partial charge in [0.25, 0.3) is 9.84 Å². The number of aromatic amines is 1. The van der Waals surface area contributed by atoms with Gasteiger partial charge in [0.2, 0.25) is 5.16 Å². The molecule has 0 unspecified atom stereocenters. The fraction of sp³-hybridized carbons (Fsp3) is 0.391. The molecule has 2 amide bonds. The van der Waals surface area contributed by atoms with E-state index in [1.807, 2.05) is 19.1 Å². The molecule has 0 spiro atoms. The highest BCUT2D eigenvalue weighted by Gasteiger charge is 2.26. The largest absolute Gasteiger partial charge is 0.461 e. The molecule has 3 aromatic rings. The van der Waals surface area contributed by atoms with Gasteiger partial charge in [-0.25, -0.2) is 28.0 Å². The molecule has 1 aliphatic rings. The number of imidazole rings is 1. The molecule has 2 aromatic heterocycles. The summed E-state index contributed by atoms with van der Waals surface area (Å²) in [6.07, 6.45) is 8.12. The van der Waals surface area contributed by atoms with Gasteiger partial charge in [0.1, 0.15) is 4.21 Å². The smallest absolute Gasteiger partial charge is 0.358 e. The number of aryl methyl sites for hydroxylation is 1. The molecule has 0 radical (unpaired) electrons. The number of hydrogen-bond acceptors (Lipinski definition) is 8. The van der Waals surface area contributed by atoms with Crippen LogP contribution in [0.3, 0.4) is 0 Å². The van der Waals surface area contributed by atoms with Crippen LogP contribution in [0.5, 0.6) is 0 Å². The average Bonchev–Trinajstić information content (AvgIpc) is 3.58. The predicted octanol–water partition coefficient (Wildman–Crippen LogP) is 4.56. The number of rotatable bonds is 8. The van der Waals surface area contributed by atoms with Crippen LogP contribution < -0.4 is 10.6 Å². The predicted molar refractivity (Wildman–Crippen MR) is 132 cm³/mol. The first kappa shape index (κ1) is 24.9. The highest BCUT2D eigenvalue weighted by molar-refractivity contribution is 7.93. The van der Waals surface area contributed by atoms with E-state index in [4.69, 9.17) is 4.74 Å². The molecule has 12 heteroatoms. The fourth-order valence-electron chi connectivity index (χ4n) is 4.08. The molecule has 1 aliphatic carbocycles. The Kier molecular flexibility index (Phi) is 7.51. The summed E-state index contributed by atoms with van der Waals surface area (Å²) in [6.45, 7) is 3.80. The number of hydrogen-bond donors (Lipinski definition) is 3. The van der Waals surface area contributed by atoms with E-state index < -0.39 is 27.0 Å². The van der Waals surface area contributed by atoms with Crippen molar-refractivity contribution in [2.75, 3.05) is 17.2 Å². The van der Waals surface area contributed by atoms with Gasteiger partial charge in [0.05, 0.1) is 12.8 Å². The van der Waals surface area contributed by atoms with E-state index in [1.165, 1.54) is 31.9 Å². The monoisotopic (exact) mass is 517 g/mol. The Morgan fingerprint density at radius 1 is 1.23 bits per heavy atom. The van der Waals surface area contributed by atoms with Crippen LogP contribution in [-0.4, -0.2) is 42.0 Å². The van der Waals surface area contributed by atoms with Gasteiger partial charge in [-0.1, -0.05) is 54.7 Å². The quantitative estimate of drug-likeness (QED) is 0.372. The number of urea groups is 1. The van der Waals surface area contributed by atoms with E-state index in [1.54, 1.807) is 6.92 Å². The first-order valence-corrected chi connectivity index (χ1v) is 13.7. The minimum atomic E-state index is -4.06. The van der Waals surface area contributed by atoms with Crippen molar-refractivity contribution < 1.29 is 22.7 Å². The van der Waals surface area contributed by atoms with Crippen molar-refractivity contribution in [2.45, 2.75) is 55.3 Å². The number of carbonyl (C=O) groups is 2. The second-order valence-corrected chi connectivity index (χ2v) is 11.5. The molecule has 0 aliphatic heterocycles. The molecule has 35 heavy (non-hydrogen) atoms. The summed E-state index contributed by atoms with van der Waals surface area (Å²) in [6, 6.07) is 5.41. The maximum atomic E-state index is 12.9. The van der Waals surface area contributed by atoms with Crippen LogP contribution in [0, 0.1) is 12.8 Å². The van der Waals surface area contributed by atoms with Crippen molar-refractivity contribution in [3.05, 3.63) is 47.4 Å². The first-order chi connectivity index (χ1) is 16.8. The van der Waals surface area contributed by atoms with Crippen LogP contribution in [-0.2, 0) is 21.0 Å². The average molecular weight is 518 g/mol. The molecule has 4 rings (SSSR count). The van der Waals surface area contributed by atoms with Crippen LogP contribution in [0.2, 0.25) is 0 Å². The number of benzene rings is 1. The van der Waals surface area contributed by atoms with Crippen molar-refractivity contribution in [3.8, 4) is 0 Å². The summed E-state index contributed by atoms with van der Waals surface area (Å²) in [5, 5.41) is 5.17. The van der Waals surface area contributed by atoms with Crippen molar-refractivity contribution in [2.24, 2.45) is 5.92 Å². The van der Waals surface area contributed by atoms with Gasteiger partial charge in [-0.2, -0.15) is 0 Å². The molecule has 0 bridgehead atoms. The molecule has 1 saturated carbocycles. The number of aromatic nitrogens is 3. The highest BCUT2D eigenvalue weighted by atomic mass is 32.2. The molecule has 1 fully saturated rings. The molecule has 3 N–H and O–H groups in total. The van der Waals surface area contributed by atoms with Crippen molar-refractivity contribution >= 4 is 44.0 Å². The van der Waals surface area contributed by atoms with Crippen molar-refractivity contribution in [1.82, 2.24) is 15.0 Å². The van der Waals surface area contributed by atoms with Crippen LogP contribution >= 0.6 is 11.3 Å². The van der Waals surface area contributed by atoms with E-state index in [9.17, 15) is 18.0 Å². The zero-order valence-electron chi connectivity index (χ0n) is 19.5. The number of anilines is 2. The Hall–Kier alpha value is -3.25. The maximum absolute atomic E-state index is 12.9. The molecule has 1 aromatic carbocycles. The summed E-state index contributed by atoms with van der Waals surface area (Å²) in [5.41, 5.74) is 2.80. The lowest BCUT2D eigenvalue weighted by Crippen LogP contribution is -2.20. The lowest BCUT2D eigenvalue weighted by molar-refractivity contribution is 0.0519. The molecule has 10 nitrogen and oxygen atoms in total. The van der Waals surface area contributed by atoms with Crippen LogP contribution in [0.15, 0.2) is 40.0 Å². The van der Waals surface area contributed by atoms with E-state index >= 15 is 0 Å². The number of amides is 2. The summed E-state index contributed by atoms with van der Waals surface area (Å²) in [5.74, 6) is -0.102. The van der Waals surface area contributed by atoms with Gasteiger partial charge in [-0.15, -0.1) is 0 Å². The first-order valence-electron chi connectivity index (χ1n) is 11.4. The van der Waals surface area contributed by atoms with Crippen LogP contribution in [0.25, 0.3) is 0 Å². The number of carbonyl (C=O) groups excluding carboxylic acids is 2. The van der Waals surface area contributed by atoms with Crippen LogP contribution in [0.4, 0.5) is 15.6 Å². The molecule has 0 saturated heterocycles. The second kappa shape index (κ2) is 10.6. The van der Waals surface area contributed by atoms with Gasteiger partial charge in [0.15, 0.2) is 10.8 Å². The molecular weight excluding hydrogens is 490 g/mol. The van der Waals surface area contributed by atoms with E-state index in [-0.39, 0.29) is 21.6 Å². The highest BCUT2D eigenvalue weighted by Crippen LogP contribution is 2.31. The summed E-state index contributed by atoms with van der Waals surface area (Å²) >= 11 is 0.787. The third-order valence-corrected chi connectivity index (χ3v) is 8.72. The number of nitrogens with zero attached hydrogens (tertiary/aromatic N) is 2. The second-order valence-electron chi connectivity index (χ2n) is 8.39. The third-order valence-electron chi connectivity index (χ3n) is 5.76. The number of esters is 1. The van der Waals surface area contributed by atoms with Gasteiger partial charge in [-0.3, -0.25) is 5.32 Å². The van der Waals surface area contributed by atoms with E-state index in [2.05, 4.69) is 31.7 Å². The molecule has 0 atom stereocenters. The Morgan fingerprint density at radius 2 is 2.00 bits per heavy atom. The molecule has 2 heterocycles. The normalized spacial score (nSPS) is 14.1. The lowest BCUT2D eigenvalue weighted by atomic mass is 9.95. The lowest BCUT2D eigenvalue weighted by Gasteiger charge is -2.15. The minimum Gasteiger partial charge on any atom is -0.461 e. The standard InChI is InChI=1S/C23H27N5O5S2/c1-3-33-20(29)18-12-25-23(27-18)35(31,32)19-13-24-22(34-19)28-21(30)26-17-9-8-14(2)10-16(17)11-15-6-4-5-7-15/h8-10,12-13,15H,3-7,11H2,1-2H3,(H,25,27)(H2,24,26,28,30). The van der Waals surface area contributed by atoms with Gasteiger partial charge < -0.3 is 15.0 Å². The van der Waals surface area contributed by atoms with Crippen molar-refractivity contribution in [3.63, 3.8) is 0 Å². The summed E-state index contributed by atoms with van der Waals surface area (Å²) in [4.78, 5) is 34.7. The van der Waals surface area contributed by atoms with Gasteiger partial charge in [-0.05, 0) is 37.8 Å². The zero-order valence-corrected chi connectivity index (χ0v) is 21.1. The Bertz CT molecular complexity index is 1330. The zero-order chi connectivity index (χ0) is 25.0. The number of thiazole rings is 1. The maximum Gasteiger partial charge on any atom is 0.358 e. The minimum absolute atomic E-state index is 0.114. The Labute approximate surface area is 207 Å². The summed E-state index contributed by atoms with van der Waals surface area (Å²) in [7, 11) is -4.06. The number of nitrogens with one attached hydrogen (secondary N) is 3. The summed E-state index contributed by atoms with van der Waals surface area (Å²) < 4.78 is 30.4. The molecule has 186 valence electrons. The Balaban J connectivity index is 1.44. The van der Waals surface area contributed by atoms with Gasteiger partial charge in [0, 0.05) is 11.9 Å². The fourth-order valence-corrected chi connectivity index (χ4v) is 6.35. The number of H-pyrrole nitrogens is 1. The van der Waals surface area contributed by atoms with E-state index in [0.717, 1.165) is 40.8 Å². The topological polar surface area (TPSA) is 143 Å². The number of ether oxygens (including phenoxy) is 1. The van der Waals surface area contributed by atoms with Crippen molar-refractivity contribution in [1.29, 1.82) is 0 Å². The molecular formula is C23H27N5O5S2. The van der Waals surface area contributed by atoms with E-state index in [0.29, 0.717) is 5.92 Å². The SMILES string of the molecule is CCOC(=O)c1c[nH]c(S(=O)(=O)c2cnc(NC(=O)Nc3ccc(C)cc3CC3CCCC3)s2)n1. The third kappa shape index (κ3) is 5.88. The van der Waals surface area contributed by atoms with Crippen LogP contribution in [0.1, 0.15) is 54.2 Å². The van der Waals surface area contributed by atoms with Gasteiger partial charge >= 0.3 is 12.0 Å². The Morgan fingerprint density at radius 3 is 2.74 bits per heavy atom.